The van der Waals surface area contributed by atoms with E-state index in [0.29, 0.717) is 5.88 Å². The Balaban J connectivity index is 2.06. The number of anilines is 1. The van der Waals surface area contributed by atoms with Gasteiger partial charge >= 0.3 is 0 Å². The Morgan fingerprint density at radius 1 is 1.33 bits per heavy atom. The molecule has 0 aliphatic carbocycles. The van der Waals surface area contributed by atoms with Crippen molar-refractivity contribution in [3.63, 3.8) is 0 Å². The number of halogens is 1. The number of pyridine rings is 1. The lowest BCUT2D eigenvalue weighted by Crippen LogP contribution is -1.92. The van der Waals surface area contributed by atoms with Gasteiger partial charge in [0.25, 0.3) is 0 Å². The molecule has 0 spiro atoms. The fourth-order valence-corrected chi connectivity index (χ4v) is 3.00. The zero-order valence-electron chi connectivity index (χ0n) is 9.89. The van der Waals surface area contributed by atoms with Crippen molar-refractivity contribution in [2.45, 2.75) is 10.6 Å². The minimum atomic E-state index is 0.643. The molecule has 1 aromatic heterocycles. The smallest absolute Gasteiger partial charge is 0.213 e. The molecule has 18 heavy (non-hydrogen) atoms. The molecular formula is C13H13BrN2OS. The Morgan fingerprint density at radius 3 is 2.89 bits per heavy atom. The van der Waals surface area contributed by atoms with Crippen molar-refractivity contribution in [2.75, 3.05) is 12.8 Å². The average Bonchev–Trinajstić information content (AvgIpc) is 2.38. The molecule has 0 unspecified atom stereocenters. The second-order valence-corrected chi connectivity index (χ2v) is 5.52. The lowest BCUT2D eigenvalue weighted by Gasteiger charge is -2.06. The monoisotopic (exact) mass is 324 g/mol. The van der Waals surface area contributed by atoms with Crippen LogP contribution in [0.2, 0.25) is 0 Å². The van der Waals surface area contributed by atoms with Gasteiger partial charge in [-0.2, -0.15) is 0 Å². The van der Waals surface area contributed by atoms with E-state index in [1.807, 2.05) is 36.4 Å². The molecule has 94 valence electrons. The van der Waals surface area contributed by atoms with Crippen molar-refractivity contribution in [3.05, 3.63) is 46.6 Å². The van der Waals surface area contributed by atoms with Crippen molar-refractivity contribution in [1.29, 1.82) is 0 Å². The number of thioether (sulfide) groups is 1. The average molecular weight is 325 g/mol. The van der Waals surface area contributed by atoms with E-state index in [-0.39, 0.29) is 0 Å². The highest BCUT2D eigenvalue weighted by atomic mass is 79.9. The van der Waals surface area contributed by atoms with E-state index in [0.717, 1.165) is 26.5 Å². The topological polar surface area (TPSA) is 48.1 Å². The molecule has 0 fully saturated rings. The van der Waals surface area contributed by atoms with Gasteiger partial charge in [-0.25, -0.2) is 4.98 Å². The van der Waals surface area contributed by atoms with Crippen LogP contribution in [0.25, 0.3) is 0 Å². The second kappa shape index (κ2) is 6.11. The van der Waals surface area contributed by atoms with Gasteiger partial charge in [-0.15, -0.1) is 11.8 Å². The highest BCUT2D eigenvalue weighted by Gasteiger charge is 2.03. The van der Waals surface area contributed by atoms with Crippen LogP contribution in [0.4, 0.5) is 5.69 Å². The number of methoxy groups -OCH3 is 1. The molecule has 0 bridgehead atoms. The Kier molecular flexibility index (Phi) is 4.49. The maximum absolute atomic E-state index is 5.70. The largest absolute Gasteiger partial charge is 0.481 e. The third kappa shape index (κ3) is 3.40. The number of nitrogen functional groups attached to an aromatic ring is 1. The van der Waals surface area contributed by atoms with Gasteiger partial charge in [0.15, 0.2) is 0 Å². The van der Waals surface area contributed by atoms with Crippen LogP contribution in [0.15, 0.2) is 45.8 Å². The quantitative estimate of drug-likeness (QED) is 0.687. The van der Waals surface area contributed by atoms with E-state index in [9.17, 15) is 0 Å². The Bertz CT molecular complexity index is 548. The van der Waals surface area contributed by atoms with Gasteiger partial charge in [0.05, 0.1) is 12.8 Å². The second-order valence-electron chi connectivity index (χ2n) is 3.65. The normalized spacial score (nSPS) is 10.3. The van der Waals surface area contributed by atoms with Gasteiger partial charge in [-0.05, 0) is 40.2 Å². The van der Waals surface area contributed by atoms with Crippen molar-refractivity contribution < 1.29 is 4.74 Å². The first-order valence-electron chi connectivity index (χ1n) is 5.37. The van der Waals surface area contributed by atoms with Crippen LogP contribution in [0.3, 0.4) is 0 Å². The van der Waals surface area contributed by atoms with Crippen LogP contribution >= 0.6 is 27.7 Å². The number of nitrogens with zero attached hydrogens (tertiary/aromatic N) is 1. The van der Waals surface area contributed by atoms with E-state index in [2.05, 4.69) is 20.9 Å². The number of rotatable bonds is 4. The lowest BCUT2D eigenvalue weighted by molar-refractivity contribution is 0.397. The fourth-order valence-electron chi connectivity index (χ4n) is 1.44. The SMILES string of the molecule is COc1cccc(CSc2ccc(N)cc2Br)n1. The minimum absolute atomic E-state index is 0.643. The van der Waals surface area contributed by atoms with Gasteiger partial charge in [-0.3, -0.25) is 0 Å². The Hall–Kier alpha value is -1.20. The van der Waals surface area contributed by atoms with Crippen LogP contribution in [-0.2, 0) is 5.75 Å². The summed E-state index contributed by atoms with van der Waals surface area (Å²) < 4.78 is 6.11. The molecule has 2 N–H and O–H groups in total. The summed E-state index contributed by atoms with van der Waals surface area (Å²) in [6.45, 7) is 0. The van der Waals surface area contributed by atoms with Crippen LogP contribution in [0, 0.1) is 0 Å². The van der Waals surface area contributed by atoms with Gasteiger partial charge in [0.2, 0.25) is 5.88 Å². The maximum atomic E-state index is 5.70. The summed E-state index contributed by atoms with van der Waals surface area (Å²) in [6.07, 6.45) is 0. The molecular weight excluding hydrogens is 312 g/mol. The molecule has 0 saturated carbocycles. The summed E-state index contributed by atoms with van der Waals surface area (Å²) in [4.78, 5) is 5.52. The summed E-state index contributed by atoms with van der Waals surface area (Å²) in [5.41, 5.74) is 7.45. The van der Waals surface area contributed by atoms with Crippen LogP contribution in [-0.4, -0.2) is 12.1 Å². The van der Waals surface area contributed by atoms with Gasteiger partial charge in [0, 0.05) is 26.9 Å². The zero-order valence-corrected chi connectivity index (χ0v) is 12.3. The number of aromatic nitrogens is 1. The van der Waals surface area contributed by atoms with E-state index in [4.69, 9.17) is 10.5 Å². The van der Waals surface area contributed by atoms with E-state index >= 15 is 0 Å². The highest BCUT2D eigenvalue weighted by Crippen LogP contribution is 2.31. The molecule has 0 aliphatic rings. The van der Waals surface area contributed by atoms with E-state index in [1.54, 1.807) is 18.9 Å². The van der Waals surface area contributed by atoms with E-state index < -0.39 is 0 Å². The zero-order chi connectivity index (χ0) is 13.0. The molecule has 0 radical (unpaired) electrons. The van der Waals surface area contributed by atoms with Gasteiger partial charge in [0.1, 0.15) is 0 Å². The van der Waals surface area contributed by atoms with Crippen molar-refractivity contribution in [3.8, 4) is 5.88 Å². The van der Waals surface area contributed by atoms with Gasteiger partial charge in [-0.1, -0.05) is 6.07 Å². The molecule has 0 amide bonds. The summed E-state index contributed by atoms with van der Waals surface area (Å²) in [5.74, 6) is 1.43. The van der Waals surface area contributed by atoms with Crippen LogP contribution < -0.4 is 10.5 Å². The number of ether oxygens (including phenoxy) is 1. The Morgan fingerprint density at radius 2 is 2.17 bits per heavy atom. The van der Waals surface area contributed by atoms with Crippen LogP contribution in [0.1, 0.15) is 5.69 Å². The predicted molar refractivity (Wildman–Crippen MR) is 78.9 cm³/mol. The fraction of sp³-hybridized carbons (Fsp3) is 0.154. The summed E-state index contributed by atoms with van der Waals surface area (Å²) in [6, 6.07) is 11.6. The lowest BCUT2D eigenvalue weighted by atomic mass is 10.3. The molecule has 1 heterocycles. The highest BCUT2D eigenvalue weighted by molar-refractivity contribution is 9.10. The molecule has 1 aromatic carbocycles. The molecule has 5 heteroatoms. The number of hydrogen-bond donors (Lipinski definition) is 1. The van der Waals surface area contributed by atoms with Gasteiger partial charge < -0.3 is 10.5 Å². The summed E-state index contributed by atoms with van der Waals surface area (Å²) in [7, 11) is 1.62. The minimum Gasteiger partial charge on any atom is -0.481 e. The number of benzene rings is 1. The third-order valence-electron chi connectivity index (χ3n) is 2.32. The van der Waals surface area contributed by atoms with Crippen molar-refractivity contribution in [1.82, 2.24) is 4.98 Å². The Labute approximate surface area is 119 Å². The standard InChI is InChI=1S/C13H13BrN2OS/c1-17-13-4-2-3-10(16-13)8-18-12-6-5-9(15)7-11(12)14/h2-7H,8,15H2,1H3. The predicted octanol–water partition coefficient (Wildman–Crippen LogP) is 3.73. The van der Waals surface area contributed by atoms with Crippen molar-refractivity contribution >= 4 is 33.4 Å². The number of hydrogen-bond acceptors (Lipinski definition) is 4. The van der Waals surface area contributed by atoms with Crippen molar-refractivity contribution in [2.24, 2.45) is 0 Å². The van der Waals surface area contributed by atoms with E-state index in [1.165, 1.54) is 0 Å². The first-order valence-corrected chi connectivity index (χ1v) is 7.14. The molecule has 2 rings (SSSR count). The third-order valence-corrected chi connectivity index (χ3v) is 4.35. The number of nitrogens with two attached hydrogens (primary N) is 1. The molecule has 0 atom stereocenters. The first-order chi connectivity index (χ1) is 8.69. The molecule has 0 aliphatic heterocycles. The van der Waals surface area contributed by atoms with Crippen LogP contribution in [0.5, 0.6) is 5.88 Å². The molecule has 0 saturated heterocycles. The first kappa shape index (κ1) is 13.2. The summed E-state index contributed by atoms with van der Waals surface area (Å²) >= 11 is 5.21. The maximum Gasteiger partial charge on any atom is 0.213 e. The summed E-state index contributed by atoms with van der Waals surface area (Å²) in [5, 5.41) is 0. The molecule has 2 aromatic rings. The molecule has 3 nitrogen and oxygen atoms in total.